The summed E-state index contributed by atoms with van der Waals surface area (Å²) < 4.78 is 1.23. The summed E-state index contributed by atoms with van der Waals surface area (Å²) in [5.41, 5.74) is 0.995. The first-order valence-corrected chi connectivity index (χ1v) is 5.45. The highest BCUT2D eigenvalue weighted by Gasteiger charge is 2.21. The first-order valence-electron chi connectivity index (χ1n) is 5.45. The Morgan fingerprint density at radius 2 is 2.11 bits per heavy atom. The van der Waals surface area contributed by atoms with E-state index in [0.717, 1.165) is 0 Å². The van der Waals surface area contributed by atoms with Gasteiger partial charge in [-0.2, -0.15) is 5.10 Å². The van der Waals surface area contributed by atoms with Gasteiger partial charge in [0.15, 0.2) is 0 Å². The fourth-order valence-corrected chi connectivity index (χ4v) is 1.86. The average molecular weight is 261 g/mol. The lowest BCUT2D eigenvalue weighted by Gasteiger charge is -2.04. The maximum atomic E-state index is 11.1. The molecule has 1 heterocycles. The maximum Gasteiger partial charge on any atom is 0.339 e. The van der Waals surface area contributed by atoms with Gasteiger partial charge in [0, 0.05) is 11.8 Å². The van der Waals surface area contributed by atoms with Gasteiger partial charge < -0.3 is 5.11 Å². The van der Waals surface area contributed by atoms with E-state index in [1.54, 1.807) is 26.0 Å². The molecule has 0 radical (unpaired) electrons. The third kappa shape index (κ3) is 2.17. The lowest BCUT2D eigenvalue weighted by molar-refractivity contribution is -0.385. The summed E-state index contributed by atoms with van der Waals surface area (Å²) in [6.45, 7) is 3.16. The lowest BCUT2D eigenvalue weighted by atomic mass is 10.1. The van der Waals surface area contributed by atoms with Crippen LogP contribution in [0.15, 0.2) is 24.4 Å². The van der Waals surface area contributed by atoms with Gasteiger partial charge in [-0.1, -0.05) is 12.1 Å². The summed E-state index contributed by atoms with van der Waals surface area (Å²) in [6.07, 6.45) is 1.28. The third-order valence-electron chi connectivity index (χ3n) is 2.78. The zero-order valence-corrected chi connectivity index (χ0v) is 10.3. The molecule has 98 valence electrons. The molecule has 1 aromatic carbocycles. The Morgan fingerprint density at radius 3 is 2.63 bits per heavy atom. The summed E-state index contributed by atoms with van der Waals surface area (Å²) in [7, 11) is 0. The lowest BCUT2D eigenvalue weighted by Crippen LogP contribution is -2.02. The van der Waals surface area contributed by atoms with E-state index in [1.165, 1.54) is 16.9 Å². The molecule has 0 fully saturated rings. The van der Waals surface area contributed by atoms with Gasteiger partial charge in [-0.3, -0.25) is 10.1 Å². The van der Waals surface area contributed by atoms with Crippen LogP contribution < -0.4 is 0 Å². The highest BCUT2D eigenvalue weighted by Crippen LogP contribution is 2.26. The quantitative estimate of drug-likeness (QED) is 0.673. The van der Waals surface area contributed by atoms with Crippen molar-refractivity contribution in [1.29, 1.82) is 0 Å². The molecule has 7 nitrogen and oxygen atoms in total. The maximum absolute atomic E-state index is 11.1. The topological polar surface area (TPSA) is 98.3 Å². The second kappa shape index (κ2) is 4.52. The van der Waals surface area contributed by atoms with E-state index in [2.05, 4.69) is 5.10 Å². The van der Waals surface area contributed by atoms with Crippen LogP contribution >= 0.6 is 0 Å². The molecule has 19 heavy (non-hydrogen) atoms. The van der Waals surface area contributed by atoms with Crippen LogP contribution in [0.5, 0.6) is 0 Å². The zero-order valence-electron chi connectivity index (χ0n) is 10.3. The number of aryl methyl sites for hydroxylation is 2. The number of carbonyl (C=O) groups is 1. The first-order chi connectivity index (χ1) is 8.91. The predicted molar refractivity (Wildman–Crippen MR) is 66.7 cm³/mol. The molecule has 0 saturated heterocycles. The predicted octanol–water partition coefficient (Wildman–Crippen LogP) is 2.10. The van der Waals surface area contributed by atoms with Crippen LogP contribution in [0.3, 0.4) is 0 Å². The summed E-state index contributed by atoms with van der Waals surface area (Å²) >= 11 is 0. The van der Waals surface area contributed by atoms with E-state index < -0.39 is 10.9 Å². The minimum Gasteiger partial charge on any atom is -0.478 e. The molecule has 0 saturated carbocycles. The van der Waals surface area contributed by atoms with Crippen molar-refractivity contribution in [3.8, 4) is 5.69 Å². The number of para-hydroxylation sites is 1. The number of nitrogens with zero attached hydrogens (tertiary/aromatic N) is 3. The summed E-state index contributed by atoms with van der Waals surface area (Å²) in [5.74, 6) is -1.11. The van der Waals surface area contributed by atoms with Crippen LogP contribution in [0.2, 0.25) is 0 Å². The molecule has 1 N–H and O–H groups in total. The Bertz CT molecular complexity index is 676. The van der Waals surface area contributed by atoms with Crippen molar-refractivity contribution < 1.29 is 14.8 Å². The standard InChI is InChI=1S/C12H11N3O4/c1-7-4-3-5-10(11(7)15(18)19)14-6-9(12(16)17)8(2)13-14/h3-6H,1-2H3,(H,16,17). The number of nitro benzene ring substituents is 1. The molecule has 1 aromatic heterocycles. The second-order valence-electron chi connectivity index (χ2n) is 4.08. The molecule has 0 aliphatic rings. The van der Waals surface area contributed by atoms with Crippen LogP contribution in [0.1, 0.15) is 21.6 Å². The second-order valence-corrected chi connectivity index (χ2v) is 4.08. The minimum atomic E-state index is -1.11. The summed E-state index contributed by atoms with van der Waals surface area (Å²) in [6, 6.07) is 4.81. The Balaban J connectivity index is 2.66. The molecule has 0 unspecified atom stereocenters. The molecule has 2 aromatic rings. The van der Waals surface area contributed by atoms with E-state index in [0.29, 0.717) is 11.3 Å². The zero-order chi connectivity index (χ0) is 14.2. The SMILES string of the molecule is Cc1cccc(-n2cc(C(=O)O)c(C)n2)c1[N+](=O)[O-]. The number of hydrogen-bond donors (Lipinski definition) is 1. The molecule has 2 rings (SSSR count). The van der Waals surface area contributed by atoms with Gasteiger partial charge in [-0.15, -0.1) is 0 Å². The first kappa shape index (κ1) is 12.7. The van der Waals surface area contributed by atoms with Gasteiger partial charge in [-0.25, -0.2) is 9.48 Å². The number of rotatable bonds is 3. The molecule has 0 amide bonds. The van der Waals surface area contributed by atoms with Crippen molar-refractivity contribution in [2.45, 2.75) is 13.8 Å². The van der Waals surface area contributed by atoms with Crippen LogP contribution in [0, 0.1) is 24.0 Å². The Morgan fingerprint density at radius 1 is 1.42 bits per heavy atom. The third-order valence-corrected chi connectivity index (χ3v) is 2.78. The molecular weight excluding hydrogens is 250 g/mol. The minimum absolute atomic E-state index is 0.0239. The van der Waals surface area contributed by atoms with Crippen LogP contribution in [-0.4, -0.2) is 25.8 Å². The number of aromatic carboxylic acids is 1. The number of benzene rings is 1. The Hall–Kier alpha value is -2.70. The summed E-state index contributed by atoms with van der Waals surface area (Å²) in [5, 5.41) is 24.1. The van der Waals surface area contributed by atoms with Crippen LogP contribution in [-0.2, 0) is 0 Å². The van der Waals surface area contributed by atoms with Crippen molar-refractivity contribution in [3.63, 3.8) is 0 Å². The average Bonchev–Trinajstić information content (AvgIpc) is 2.70. The van der Waals surface area contributed by atoms with Crippen molar-refractivity contribution in [2.75, 3.05) is 0 Å². The monoisotopic (exact) mass is 261 g/mol. The van der Waals surface area contributed by atoms with Crippen LogP contribution in [0.25, 0.3) is 5.69 Å². The highest BCUT2D eigenvalue weighted by atomic mass is 16.6. The Labute approximate surface area is 108 Å². The van der Waals surface area contributed by atoms with E-state index in [9.17, 15) is 14.9 Å². The molecule has 7 heteroatoms. The van der Waals surface area contributed by atoms with Gasteiger partial charge in [-0.05, 0) is 19.9 Å². The molecule has 0 aliphatic heterocycles. The largest absolute Gasteiger partial charge is 0.478 e. The van der Waals surface area contributed by atoms with Crippen molar-refractivity contribution in [1.82, 2.24) is 9.78 Å². The summed E-state index contributed by atoms with van der Waals surface area (Å²) in [4.78, 5) is 21.6. The normalized spacial score (nSPS) is 10.4. The molecular formula is C12H11N3O4. The van der Waals surface area contributed by atoms with Gasteiger partial charge in [0.05, 0.1) is 10.6 Å². The van der Waals surface area contributed by atoms with Gasteiger partial charge in [0.25, 0.3) is 5.69 Å². The van der Waals surface area contributed by atoms with Crippen molar-refractivity contribution >= 4 is 11.7 Å². The number of nitro groups is 1. The number of aromatic nitrogens is 2. The number of carboxylic acid groups (broad SMARTS) is 1. The van der Waals surface area contributed by atoms with E-state index in [1.807, 2.05) is 0 Å². The smallest absolute Gasteiger partial charge is 0.339 e. The number of carboxylic acids is 1. The fraction of sp³-hybridized carbons (Fsp3) is 0.167. The van der Waals surface area contributed by atoms with Gasteiger partial charge >= 0.3 is 5.97 Å². The van der Waals surface area contributed by atoms with Gasteiger partial charge in [0.1, 0.15) is 11.3 Å². The molecule has 0 bridgehead atoms. The molecule has 0 spiro atoms. The van der Waals surface area contributed by atoms with Gasteiger partial charge in [0.2, 0.25) is 0 Å². The van der Waals surface area contributed by atoms with Crippen molar-refractivity contribution in [3.05, 3.63) is 51.3 Å². The Kier molecular flexibility index (Phi) is 3.04. The van der Waals surface area contributed by atoms with E-state index >= 15 is 0 Å². The van der Waals surface area contributed by atoms with Crippen molar-refractivity contribution in [2.24, 2.45) is 0 Å². The van der Waals surface area contributed by atoms with E-state index in [-0.39, 0.29) is 16.9 Å². The highest BCUT2D eigenvalue weighted by molar-refractivity contribution is 5.88. The molecule has 0 atom stereocenters. The fourth-order valence-electron chi connectivity index (χ4n) is 1.86. The van der Waals surface area contributed by atoms with E-state index in [4.69, 9.17) is 5.11 Å². The van der Waals surface area contributed by atoms with Crippen LogP contribution in [0.4, 0.5) is 5.69 Å². The molecule has 0 aliphatic carbocycles. The number of hydrogen-bond acceptors (Lipinski definition) is 4.